The summed E-state index contributed by atoms with van der Waals surface area (Å²) < 4.78 is 15.1. The largest absolute Gasteiger partial charge is 0.350 e. The number of hydrogen-bond donors (Lipinski definition) is 1. The third-order valence-corrected chi connectivity index (χ3v) is 4.70. The van der Waals surface area contributed by atoms with E-state index in [9.17, 15) is 14.0 Å². The van der Waals surface area contributed by atoms with Gasteiger partial charge in [0.2, 0.25) is 0 Å². The van der Waals surface area contributed by atoms with E-state index < -0.39 is 5.82 Å². The summed E-state index contributed by atoms with van der Waals surface area (Å²) in [7, 11) is 0. The molecule has 1 fully saturated rings. The first-order valence-corrected chi connectivity index (χ1v) is 8.80. The summed E-state index contributed by atoms with van der Waals surface area (Å²) >= 11 is 0. The molecule has 26 heavy (non-hydrogen) atoms. The van der Waals surface area contributed by atoms with Gasteiger partial charge in [0.25, 0.3) is 11.5 Å². The zero-order valence-corrected chi connectivity index (χ0v) is 14.2. The fourth-order valence-corrected chi connectivity index (χ4v) is 3.22. The summed E-state index contributed by atoms with van der Waals surface area (Å²) in [5.74, 6) is -0.715. The second kappa shape index (κ2) is 6.75. The van der Waals surface area contributed by atoms with Crippen LogP contribution in [0.25, 0.3) is 10.8 Å². The van der Waals surface area contributed by atoms with E-state index in [1.165, 1.54) is 16.7 Å². The standard InChI is InChI=1S/C21H19FN2O2/c22-16-7-6-15-12-19(24(17-8-9-17)21(26)18(15)13-16)20(25)23-11-10-14-4-2-1-3-5-14/h1-7,12-13,17H,8-11H2,(H,23,25). The summed E-state index contributed by atoms with van der Waals surface area (Å²) in [5, 5.41) is 3.80. The number of halogens is 1. The number of amides is 1. The Hall–Kier alpha value is -2.95. The molecule has 1 heterocycles. The van der Waals surface area contributed by atoms with Gasteiger partial charge in [-0.3, -0.25) is 9.59 Å². The number of aromatic nitrogens is 1. The first-order valence-electron chi connectivity index (χ1n) is 8.80. The maximum Gasteiger partial charge on any atom is 0.268 e. The molecule has 1 N–H and O–H groups in total. The Bertz CT molecular complexity index is 1020. The van der Waals surface area contributed by atoms with E-state index in [1.807, 2.05) is 30.3 Å². The van der Waals surface area contributed by atoms with Gasteiger partial charge in [0.1, 0.15) is 11.5 Å². The number of hydrogen-bond acceptors (Lipinski definition) is 2. The van der Waals surface area contributed by atoms with Crippen LogP contribution in [0.4, 0.5) is 4.39 Å². The molecule has 0 radical (unpaired) electrons. The van der Waals surface area contributed by atoms with Gasteiger partial charge >= 0.3 is 0 Å². The van der Waals surface area contributed by atoms with E-state index in [1.54, 1.807) is 12.1 Å². The highest BCUT2D eigenvalue weighted by atomic mass is 19.1. The van der Waals surface area contributed by atoms with Crippen molar-refractivity contribution < 1.29 is 9.18 Å². The number of fused-ring (bicyclic) bond motifs is 1. The molecule has 0 saturated heterocycles. The smallest absolute Gasteiger partial charge is 0.268 e. The summed E-state index contributed by atoms with van der Waals surface area (Å²) in [6.07, 6.45) is 2.45. The molecule has 0 spiro atoms. The minimum Gasteiger partial charge on any atom is -0.350 e. The van der Waals surface area contributed by atoms with Gasteiger partial charge in [-0.05, 0) is 48.4 Å². The molecule has 5 heteroatoms. The highest BCUT2D eigenvalue weighted by molar-refractivity contribution is 5.96. The average molecular weight is 350 g/mol. The maximum atomic E-state index is 13.5. The lowest BCUT2D eigenvalue weighted by Crippen LogP contribution is -2.33. The fourth-order valence-electron chi connectivity index (χ4n) is 3.22. The number of carbonyl (C=O) groups excluding carboxylic acids is 1. The minimum atomic E-state index is -0.447. The molecule has 0 atom stereocenters. The second-order valence-corrected chi connectivity index (χ2v) is 6.66. The summed E-state index contributed by atoms with van der Waals surface area (Å²) in [6.45, 7) is 0.489. The van der Waals surface area contributed by atoms with Crippen LogP contribution >= 0.6 is 0 Å². The Morgan fingerprint density at radius 1 is 1.12 bits per heavy atom. The van der Waals surface area contributed by atoms with Crippen LogP contribution in [0.5, 0.6) is 0 Å². The molecule has 132 valence electrons. The van der Waals surface area contributed by atoms with Crippen LogP contribution < -0.4 is 10.9 Å². The number of nitrogens with one attached hydrogen (secondary N) is 1. The molecule has 4 rings (SSSR count). The van der Waals surface area contributed by atoms with E-state index in [2.05, 4.69) is 5.32 Å². The predicted molar refractivity (Wildman–Crippen MR) is 98.9 cm³/mol. The highest BCUT2D eigenvalue weighted by Gasteiger charge is 2.29. The molecule has 2 aromatic carbocycles. The van der Waals surface area contributed by atoms with Crippen LogP contribution in [-0.2, 0) is 6.42 Å². The third-order valence-electron chi connectivity index (χ3n) is 4.70. The molecule has 1 aromatic heterocycles. The maximum absolute atomic E-state index is 13.5. The van der Waals surface area contributed by atoms with Gasteiger partial charge < -0.3 is 9.88 Å². The molecule has 1 aliphatic carbocycles. The van der Waals surface area contributed by atoms with E-state index in [0.29, 0.717) is 23.0 Å². The lowest BCUT2D eigenvalue weighted by molar-refractivity contribution is 0.0943. The van der Waals surface area contributed by atoms with Gasteiger partial charge in [0.05, 0.1) is 5.39 Å². The van der Waals surface area contributed by atoms with Crippen molar-refractivity contribution in [1.29, 1.82) is 0 Å². The van der Waals surface area contributed by atoms with Gasteiger partial charge in [-0.1, -0.05) is 36.4 Å². The SMILES string of the molecule is O=C(NCCc1ccccc1)c1cc2ccc(F)cc2c(=O)n1C1CC1. The first kappa shape index (κ1) is 16.5. The minimum absolute atomic E-state index is 0.0324. The molecule has 3 aromatic rings. The van der Waals surface area contributed by atoms with Crippen LogP contribution in [0.3, 0.4) is 0 Å². The Kier molecular flexibility index (Phi) is 4.29. The van der Waals surface area contributed by atoms with Crippen LogP contribution in [0, 0.1) is 5.82 Å². The van der Waals surface area contributed by atoms with E-state index in [-0.39, 0.29) is 17.5 Å². The molecule has 0 unspecified atom stereocenters. The summed E-state index contributed by atoms with van der Waals surface area (Å²) in [5.41, 5.74) is 1.20. The number of rotatable bonds is 5. The van der Waals surface area contributed by atoms with E-state index in [4.69, 9.17) is 0 Å². The van der Waals surface area contributed by atoms with Gasteiger partial charge in [-0.25, -0.2) is 4.39 Å². The van der Waals surface area contributed by atoms with Crippen LogP contribution in [0.1, 0.15) is 34.9 Å². The number of nitrogens with zero attached hydrogens (tertiary/aromatic N) is 1. The molecular weight excluding hydrogens is 331 g/mol. The molecule has 4 nitrogen and oxygen atoms in total. The molecule has 1 amide bonds. The monoisotopic (exact) mass is 350 g/mol. The zero-order chi connectivity index (χ0) is 18.1. The number of pyridine rings is 1. The fraction of sp³-hybridized carbons (Fsp3) is 0.238. The van der Waals surface area contributed by atoms with E-state index >= 15 is 0 Å². The van der Waals surface area contributed by atoms with Crippen LogP contribution in [0.15, 0.2) is 59.4 Å². The highest BCUT2D eigenvalue weighted by Crippen LogP contribution is 2.35. The normalized spacial score (nSPS) is 13.7. The van der Waals surface area contributed by atoms with Gasteiger partial charge in [-0.2, -0.15) is 0 Å². The van der Waals surface area contributed by atoms with E-state index in [0.717, 1.165) is 24.8 Å². The van der Waals surface area contributed by atoms with Crippen molar-refractivity contribution in [3.63, 3.8) is 0 Å². The summed E-state index contributed by atoms with van der Waals surface area (Å²) in [6, 6.07) is 15.7. The second-order valence-electron chi connectivity index (χ2n) is 6.66. The third kappa shape index (κ3) is 3.25. The number of carbonyl (C=O) groups is 1. The topological polar surface area (TPSA) is 51.1 Å². The lowest BCUT2D eigenvalue weighted by Gasteiger charge is -2.14. The van der Waals surface area contributed by atoms with Crippen molar-refractivity contribution in [3.05, 3.63) is 82.0 Å². The van der Waals surface area contributed by atoms with Crippen molar-refractivity contribution in [2.75, 3.05) is 6.54 Å². The molecule has 0 bridgehead atoms. The Balaban J connectivity index is 1.62. The van der Waals surface area contributed by atoms with Crippen molar-refractivity contribution in [2.24, 2.45) is 0 Å². The van der Waals surface area contributed by atoms with Crippen molar-refractivity contribution in [2.45, 2.75) is 25.3 Å². The van der Waals surface area contributed by atoms with Crippen molar-refractivity contribution in [1.82, 2.24) is 9.88 Å². The predicted octanol–water partition coefficient (Wildman–Crippen LogP) is 3.45. The van der Waals surface area contributed by atoms with Crippen LogP contribution in [0.2, 0.25) is 0 Å². The molecule has 0 aliphatic heterocycles. The lowest BCUT2D eigenvalue weighted by atomic mass is 10.1. The first-order chi connectivity index (χ1) is 12.6. The Labute approximate surface area is 150 Å². The summed E-state index contributed by atoms with van der Waals surface area (Å²) in [4.78, 5) is 25.5. The molecule has 1 aliphatic rings. The Morgan fingerprint density at radius 2 is 1.88 bits per heavy atom. The molecular formula is C21H19FN2O2. The quantitative estimate of drug-likeness (QED) is 0.766. The van der Waals surface area contributed by atoms with Gasteiger partial charge in [-0.15, -0.1) is 0 Å². The van der Waals surface area contributed by atoms with Crippen LogP contribution in [-0.4, -0.2) is 17.0 Å². The van der Waals surface area contributed by atoms with Gasteiger partial charge in [0, 0.05) is 12.6 Å². The van der Waals surface area contributed by atoms with Crippen molar-refractivity contribution in [3.8, 4) is 0 Å². The number of benzene rings is 2. The average Bonchev–Trinajstić information content (AvgIpc) is 3.48. The molecule has 1 saturated carbocycles. The van der Waals surface area contributed by atoms with Crippen molar-refractivity contribution >= 4 is 16.7 Å². The van der Waals surface area contributed by atoms with Gasteiger partial charge in [0.15, 0.2) is 0 Å². The zero-order valence-electron chi connectivity index (χ0n) is 14.2. The Morgan fingerprint density at radius 3 is 2.62 bits per heavy atom.